The molecule has 5 heteroatoms. The van der Waals surface area contributed by atoms with E-state index in [1.165, 1.54) is 6.07 Å². The number of hydrogen-bond donors (Lipinski definition) is 1. The molecule has 0 aliphatic rings. The molecule has 0 radical (unpaired) electrons. The zero-order valence-corrected chi connectivity index (χ0v) is 12.0. The molecule has 0 aliphatic carbocycles. The Labute approximate surface area is 117 Å². The van der Waals surface area contributed by atoms with Crippen LogP contribution in [0, 0.1) is 11.6 Å². The molecular weight excluding hydrogens is 260 g/mol. The lowest BCUT2D eigenvalue weighted by molar-refractivity contribution is 0.424. The topological polar surface area (TPSA) is 29.9 Å². The Morgan fingerprint density at radius 2 is 2.00 bits per heavy atom. The van der Waals surface area contributed by atoms with Crippen LogP contribution in [-0.2, 0) is 13.1 Å². The van der Waals surface area contributed by atoms with E-state index >= 15 is 0 Å². The Hall–Kier alpha value is -1.75. The van der Waals surface area contributed by atoms with Gasteiger partial charge < -0.3 is 5.32 Å². The maximum Gasteiger partial charge on any atom is 0.163 e. The molecule has 1 aromatic heterocycles. The van der Waals surface area contributed by atoms with Gasteiger partial charge in [0.05, 0.1) is 12.7 Å². The highest BCUT2D eigenvalue weighted by Crippen LogP contribution is 2.13. The maximum absolute atomic E-state index is 13.6. The first-order chi connectivity index (χ1) is 9.35. The van der Waals surface area contributed by atoms with Crippen molar-refractivity contribution < 1.29 is 8.78 Å². The molecular formula is C15H19F2N3. The molecule has 0 bridgehead atoms. The lowest BCUT2D eigenvalue weighted by Gasteiger charge is -2.19. The Morgan fingerprint density at radius 1 is 1.25 bits per heavy atom. The van der Waals surface area contributed by atoms with Gasteiger partial charge in [0.2, 0.25) is 0 Å². The Balaban J connectivity index is 2.04. The van der Waals surface area contributed by atoms with Crippen molar-refractivity contribution in [2.45, 2.75) is 39.4 Å². The molecule has 1 N–H and O–H groups in total. The van der Waals surface area contributed by atoms with Crippen molar-refractivity contribution in [2.24, 2.45) is 0 Å². The van der Waals surface area contributed by atoms with Gasteiger partial charge in [-0.25, -0.2) is 8.78 Å². The Morgan fingerprint density at radius 3 is 2.70 bits per heavy atom. The number of hydrogen-bond acceptors (Lipinski definition) is 2. The molecule has 20 heavy (non-hydrogen) atoms. The van der Waals surface area contributed by atoms with Gasteiger partial charge in [-0.15, -0.1) is 0 Å². The highest BCUT2D eigenvalue weighted by Gasteiger charge is 2.11. The largest absolute Gasteiger partial charge is 0.308 e. The quantitative estimate of drug-likeness (QED) is 0.932. The van der Waals surface area contributed by atoms with E-state index in [0.717, 1.165) is 11.6 Å². The first kappa shape index (κ1) is 14.7. The van der Waals surface area contributed by atoms with Gasteiger partial charge in [0.15, 0.2) is 11.6 Å². The zero-order valence-electron chi connectivity index (χ0n) is 12.0. The summed E-state index contributed by atoms with van der Waals surface area (Å²) in [5.74, 6) is -1.64. The van der Waals surface area contributed by atoms with Crippen LogP contribution in [0.25, 0.3) is 0 Å². The van der Waals surface area contributed by atoms with Crippen LogP contribution in [0.5, 0.6) is 0 Å². The van der Waals surface area contributed by atoms with Crippen LogP contribution in [0.4, 0.5) is 8.78 Å². The molecule has 2 rings (SSSR count). The second-order valence-electron chi connectivity index (χ2n) is 5.86. The Bertz CT molecular complexity index is 585. The molecule has 0 spiro atoms. The second kappa shape index (κ2) is 5.71. The van der Waals surface area contributed by atoms with Crippen molar-refractivity contribution in [2.75, 3.05) is 0 Å². The number of nitrogens with zero attached hydrogens (tertiary/aromatic N) is 2. The average molecular weight is 279 g/mol. The van der Waals surface area contributed by atoms with E-state index in [2.05, 4.69) is 31.2 Å². The van der Waals surface area contributed by atoms with Crippen LogP contribution >= 0.6 is 0 Å². The monoisotopic (exact) mass is 279 g/mol. The SMILES string of the molecule is CC(C)(C)NCc1cnn(Cc2cccc(F)c2F)c1. The minimum atomic E-state index is -0.829. The molecule has 0 saturated heterocycles. The summed E-state index contributed by atoms with van der Waals surface area (Å²) in [7, 11) is 0. The molecule has 0 unspecified atom stereocenters. The fraction of sp³-hybridized carbons (Fsp3) is 0.400. The lowest BCUT2D eigenvalue weighted by atomic mass is 10.1. The van der Waals surface area contributed by atoms with E-state index in [4.69, 9.17) is 0 Å². The number of rotatable bonds is 4. The van der Waals surface area contributed by atoms with Gasteiger partial charge in [0.25, 0.3) is 0 Å². The molecule has 0 fully saturated rings. The summed E-state index contributed by atoms with van der Waals surface area (Å²) in [6.45, 7) is 7.16. The summed E-state index contributed by atoms with van der Waals surface area (Å²) in [5.41, 5.74) is 1.33. The van der Waals surface area contributed by atoms with E-state index in [1.54, 1.807) is 16.9 Å². The summed E-state index contributed by atoms with van der Waals surface area (Å²) in [6.07, 6.45) is 3.57. The molecule has 0 amide bonds. The minimum Gasteiger partial charge on any atom is -0.308 e. The van der Waals surface area contributed by atoms with Gasteiger partial charge in [0.1, 0.15) is 0 Å². The predicted molar refractivity (Wildman–Crippen MR) is 74.3 cm³/mol. The third-order valence-electron chi connectivity index (χ3n) is 2.87. The molecule has 0 aliphatic heterocycles. The maximum atomic E-state index is 13.6. The van der Waals surface area contributed by atoms with E-state index in [0.29, 0.717) is 12.1 Å². The van der Waals surface area contributed by atoms with E-state index in [9.17, 15) is 8.78 Å². The summed E-state index contributed by atoms with van der Waals surface area (Å²) < 4.78 is 28.3. The van der Waals surface area contributed by atoms with Crippen LogP contribution in [0.2, 0.25) is 0 Å². The van der Waals surface area contributed by atoms with Gasteiger partial charge in [-0.2, -0.15) is 5.10 Å². The molecule has 108 valence electrons. The van der Waals surface area contributed by atoms with Crippen LogP contribution < -0.4 is 5.32 Å². The summed E-state index contributed by atoms with van der Waals surface area (Å²) in [5, 5.41) is 7.52. The van der Waals surface area contributed by atoms with Crippen molar-refractivity contribution in [3.8, 4) is 0 Å². The summed E-state index contributed by atoms with van der Waals surface area (Å²) in [4.78, 5) is 0. The van der Waals surface area contributed by atoms with E-state index in [-0.39, 0.29) is 12.1 Å². The lowest BCUT2D eigenvalue weighted by Crippen LogP contribution is -2.34. The average Bonchev–Trinajstić information content (AvgIpc) is 2.80. The van der Waals surface area contributed by atoms with Gasteiger partial charge in [-0.1, -0.05) is 12.1 Å². The summed E-state index contributed by atoms with van der Waals surface area (Å²) >= 11 is 0. The van der Waals surface area contributed by atoms with E-state index < -0.39 is 11.6 Å². The zero-order chi connectivity index (χ0) is 14.8. The number of aromatic nitrogens is 2. The molecule has 0 atom stereocenters. The molecule has 3 nitrogen and oxygen atoms in total. The smallest absolute Gasteiger partial charge is 0.163 e. The normalized spacial score (nSPS) is 11.8. The highest BCUT2D eigenvalue weighted by molar-refractivity contribution is 5.19. The fourth-order valence-electron chi connectivity index (χ4n) is 1.80. The summed E-state index contributed by atoms with van der Waals surface area (Å²) in [6, 6.07) is 4.17. The highest BCUT2D eigenvalue weighted by atomic mass is 19.2. The number of halogens is 2. The van der Waals surface area contributed by atoms with Crippen molar-refractivity contribution in [1.29, 1.82) is 0 Å². The van der Waals surface area contributed by atoms with E-state index in [1.807, 2.05) is 6.20 Å². The molecule has 1 heterocycles. The van der Waals surface area contributed by atoms with Gasteiger partial charge in [-0.3, -0.25) is 4.68 Å². The first-order valence-corrected chi connectivity index (χ1v) is 6.54. The van der Waals surface area contributed by atoms with Gasteiger partial charge in [0, 0.05) is 29.4 Å². The van der Waals surface area contributed by atoms with Crippen LogP contribution in [0.1, 0.15) is 31.9 Å². The van der Waals surface area contributed by atoms with Crippen molar-refractivity contribution >= 4 is 0 Å². The third kappa shape index (κ3) is 3.87. The number of benzene rings is 1. The molecule has 2 aromatic rings. The molecule has 1 aromatic carbocycles. The predicted octanol–water partition coefficient (Wildman–Crippen LogP) is 3.10. The standard InChI is InChI=1S/C15H19F2N3/c1-15(2,3)18-7-11-8-19-20(9-11)10-12-5-4-6-13(16)14(12)17/h4-6,8-9,18H,7,10H2,1-3H3. The second-order valence-corrected chi connectivity index (χ2v) is 5.86. The number of nitrogens with one attached hydrogen (secondary N) is 1. The van der Waals surface area contributed by atoms with Crippen LogP contribution in [0.15, 0.2) is 30.6 Å². The van der Waals surface area contributed by atoms with Gasteiger partial charge in [-0.05, 0) is 26.8 Å². The molecule has 0 saturated carbocycles. The third-order valence-corrected chi connectivity index (χ3v) is 2.87. The van der Waals surface area contributed by atoms with Crippen molar-refractivity contribution in [3.63, 3.8) is 0 Å². The van der Waals surface area contributed by atoms with Gasteiger partial charge >= 0.3 is 0 Å². The Kier molecular flexibility index (Phi) is 4.18. The minimum absolute atomic E-state index is 0.0246. The van der Waals surface area contributed by atoms with Crippen molar-refractivity contribution in [1.82, 2.24) is 15.1 Å². The first-order valence-electron chi connectivity index (χ1n) is 6.54. The van der Waals surface area contributed by atoms with Crippen LogP contribution in [-0.4, -0.2) is 15.3 Å². The van der Waals surface area contributed by atoms with Crippen molar-refractivity contribution in [3.05, 3.63) is 53.4 Å². The fourth-order valence-corrected chi connectivity index (χ4v) is 1.80. The van der Waals surface area contributed by atoms with Crippen LogP contribution in [0.3, 0.4) is 0 Å².